The zero-order chi connectivity index (χ0) is 13.9. The molecule has 0 saturated heterocycles. The van der Waals surface area contributed by atoms with E-state index in [1.165, 1.54) is 0 Å². The highest BCUT2D eigenvalue weighted by Gasteiger charge is 2.34. The lowest BCUT2D eigenvalue weighted by molar-refractivity contribution is -0.386. The van der Waals surface area contributed by atoms with Gasteiger partial charge in [0, 0.05) is 0 Å². The zero-order valence-corrected chi connectivity index (χ0v) is 8.82. The number of nitrogens with zero attached hydrogens (tertiary/aromatic N) is 2. The van der Waals surface area contributed by atoms with E-state index < -0.39 is 41.0 Å². The second-order valence-electron chi connectivity index (χ2n) is 2.91. The molecule has 0 fully saturated rings. The molecule has 0 bridgehead atoms. The van der Waals surface area contributed by atoms with Crippen molar-refractivity contribution in [1.29, 1.82) is 0 Å². The van der Waals surface area contributed by atoms with Gasteiger partial charge in [-0.25, -0.2) is 4.39 Å². The van der Waals surface area contributed by atoms with Crippen LogP contribution >= 0.6 is 0 Å². The molecule has 0 aliphatic rings. The molecule has 0 aliphatic heterocycles. The van der Waals surface area contributed by atoms with Gasteiger partial charge in [-0.2, -0.15) is 4.98 Å². The largest absolute Gasteiger partial charge is 0.574 e. The molecule has 0 aliphatic carbocycles. The maximum atomic E-state index is 12.6. The smallest absolute Gasteiger partial charge is 0.480 e. The van der Waals surface area contributed by atoms with Crippen LogP contribution in [0, 0.1) is 10.1 Å². The van der Waals surface area contributed by atoms with Crippen molar-refractivity contribution < 1.29 is 32.0 Å². The fourth-order valence-corrected chi connectivity index (χ4v) is 1.14. The molecule has 0 radical (unpaired) electrons. The first-order valence-electron chi connectivity index (χ1n) is 4.32. The summed E-state index contributed by atoms with van der Waals surface area (Å²) < 4.78 is 56.3. The maximum absolute atomic E-state index is 12.6. The predicted octanol–water partition coefficient (Wildman–Crippen LogP) is 2.37. The number of alkyl halides is 4. The Bertz CT molecular complexity index is 463. The van der Waals surface area contributed by atoms with E-state index in [-0.39, 0.29) is 0 Å². The molecule has 1 aromatic heterocycles. The summed E-state index contributed by atoms with van der Waals surface area (Å²) >= 11 is 0. The van der Waals surface area contributed by atoms with Crippen LogP contribution in [0.2, 0.25) is 0 Å². The molecule has 0 aromatic carbocycles. The molecule has 10 heteroatoms. The lowest BCUT2D eigenvalue weighted by atomic mass is 10.2. The number of rotatable bonds is 4. The number of halogens is 4. The van der Waals surface area contributed by atoms with Crippen LogP contribution in [0.25, 0.3) is 0 Å². The maximum Gasteiger partial charge on any atom is 0.574 e. The minimum absolute atomic E-state index is 0.380. The molecule has 0 amide bonds. The topological polar surface area (TPSA) is 74.5 Å². The van der Waals surface area contributed by atoms with Gasteiger partial charge in [0.05, 0.1) is 18.1 Å². The Morgan fingerprint density at radius 1 is 1.50 bits per heavy atom. The molecular weight excluding hydrogens is 264 g/mol. The molecule has 100 valence electrons. The van der Waals surface area contributed by atoms with Gasteiger partial charge in [-0.15, -0.1) is 13.2 Å². The van der Waals surface area contributed by atoms with Crippen LogP contribution < -0.4 is 9.47 Å². The Labute approximate surface area is 97.3 Å². The summed E-state index contributed by atoms with van der Waals surface area (Å²) in [5.41, 5.74) is -1.46. The summed E-state index contributed by atoms with van der Waals surface area (Å²) in [5, 5.41) is 10.6. The first-order chi connectivity index (χ1) is 8.28. The lowest BCUT2D eigenvalue weighted by Gasteiger charge is -2.10. The van der Waals surface area contributed by atoms with E-state index in [4.69, 9.17) is 0 Å². The average Bonchev–Trinajstić information content (AvgIpc) is 2.25. The summed E-state index contributed by atoms with van der Waals surface area (Å²) in [7, 11) is 0.989. The first-order valence-corrected chi connectivity index (χ1v) is 4.32. The first kappa shape index (κ1) is 13.9. The van der Waals surface area contributed by atoms with Crippen LogP contribution in [0.4, 0.5) is 23.2 Å². The van der Waals surface area contributed by atoms with E-state index in [9.17, 15) is 27.7 Å². The third kappa shape index (κ3) is 3.18. The molecule has 1 heterocycles. The molecule has 0 saturated carbocycles. The number of hydrogen-bond donors (Lipinski definition) is 0. The van der Waals surface area contributed by atoms with Crippen LogP contribution in [0.1, 0.15) is 5.56 Å². The van der Waals surface area contributed by atoms with Crippen molar-refractivity contribution in [1.82, 2.24) is 4.98 Å². The van der Waals surface area contributed by atoms with Crippen molar-refractivity contribution in [3.63, 3.8) is 0 Å². The van der Waals surface area contributed by atoms with Gasteiger partial charge in [-0.05, 0) is 0 Å². The standard InChI is InChI=1S/C8H6F4N2O4/c1-17-7-4(3-9)5(14(15)16)2-6(13-7)18-8(10,11)12/h2H,3H2,1H3. The van der Waals surface area contributed by atoms with Gasteiger partial charge in [0.25, 0.3) is 5.69 Å². The number of aromatic nitrogens is 1. The molecule has 1 aromatic rings. The number of hydrogen-bond acceptors (Lipinski definition) is 5. The fraction of sp³-hybridized carbons (Fsp3) is 0.375. The van der Waals surface area contributed by atoms with E-state index in [2.05, 4.69) is 14.5 Å². The highest BCUT2D eigenvalue weighted by molar-refractivity contribution is 5.48. The van der Waals surface area contributed by atoms with Crippen LogP contribution in [-0.2, 0) is 6.67 Å². The summed E-state index contributed by atoms with van der Waals surface area (Å²) in [6.45, 7) is -1.31. The van der Waals surface area contributed by atoms with Crippen molar-refractivity contribution in [2.75, 3.05) is 7.11 Å². The SMILES string of the molecule is COc1nc(OC(F)(F)F)cc([N+](=O)[O-])c1CF. The van der Waals surface area contributed by atoms with Crippen molar-refractivity contribution in [2.45, 2.75) is 13.0 Å². The van der Waals surface area contributed by atoms with Crippen LogP contribution in [0.5, 0.6) is 11.8 Å². The Hall–Kier alpha value is -2.13. The van der Waals surface area contributed by atoms with Crippen LogP contribution in [-0.4, -0.2) is 23.4 Å². The highest BCUT2D eigenvalue weighted by Crippen LogP contribution is 2.33. The molecule has 0 spiro atoms. The highest BCUT2D eigenvalue weighted by atomic mass is 19.4. The molecule has 6 nitrogen and oxygen atoms in total. The van der Waals surface area contributed by atoms with Gasteiger partial charge in [0.2, 0.25) is 11.8 Å². The Morgan fingerprint density at radius 3 is 2.50 bits per heavy atom. The number of pyridine rings is 1. The van der Waals surface area contributed by atoms with Gasteiger partial charge >= 0.3 is 6.36 Å². The van der Waals surface area contributed by atoms with E-state index in [1.807, 2.05) is 0 Å². The third-order valence-electron chi connectivity index (χ3n) is 1.78. The van der Waals surface area contributed by atoms with Gasteiger partial charge < -0.3 is 9.47 Å². The van der Waals surface area contributed by atoms with Crippen LogP contribution in [0.3, 0.4) is 0 Å². The normalized spacial score (nSPS) is 11.2. The summed E-state index contributed by atoms with van der Waals surface area (Å²) in [6.07, 6.45) is -5.07. The number of methoxy groups -OCH3 is 1. The van der Waals surface area contributed by atoms with E-state index in [0.717, 1.165) is 7.11 Å². The fourth-order valence-electron chi connectivity index (χ4n) is 1.14. The van der Waals surface area contributed by atoms with Crippen molar-refractivity contribution >= 4 is 5.69 Å². The molecule has 0 atom stereocenters. The van der Waals surface area contributed by atoms with Gasteiger partial charge in [0.1, 0.15) is 12.2 Å². The predicted molar refractivity (Wildman–Crippen MR) is 48.9 cm³/mol. The van der Waals surface area contributed by atoms with Gasteiger partial charge in [0.15, 0.2) is 0 Å². The minimum Gasteiger partial charge on any atom is -0.480 e. The zero-order valence-electron chi connectivity index (χ0n) is 8.82. The summed E-state index contributed by atoms with van der Waals surface area (Å²) in [5.74, 6) is -1.73. The second kappa shape index (κ2) is 5.02. The quantitative estimate of drug-likeness (QED) is 0.477. The second-order valence-corrected chi connectivity index (χ2v) is 2.91. The number of nitro groups is 1. The average molecular weight is 270 g/mol. The molecule has 1 rings (SSSR count). The molecular formula is C8H6F4N2O4. The van der Waals surface area contributed by atoms with Crippen molar-refractivity contribution in [3.05, 3.63) is 21.7 Å². The summed E-state index contributed by atoms with van der Waals surface area (Å²) in [6, 6.07) is 0.380. The van der Waals surface area contributed by atoms with E-state index >= 15 is 0 Å². The molecule has 0 N–H and O–H groups in total. The Balaban J connectivity index is 3.32. The monoisotopic (exact) mass is 270 g/mol. The van der Waals surface area contributed by atoms with E-state index in [1.54, 1.807) is 0 Å². The van der Waals surface area contributed by atoms with Crippen molar-refractivity contribution in [3.8, 4) is 11.8 Å². The van der Waals surface area contributed by atoms with Crippen LogP contribution in [0.15, 0.2) is 6.07 Å². The van der Waals surface area contributed by atoms with Crippen molar-refractivity contribution in [2.24, 2.45) is 0 Å². The summed E-state index contributed by atoms with van der Waals surface area (Å²) in [4.78, 5) is 12.7. The van der Waals surface area contributed by atoms with Gasteiger partial charge in [-0.3, -0.25) is 10.1 Å². The third-order valence-corrected chi connectivity index (χ3v) is 1.78. The minimum atomic E-state index is -5.07. The Kier molecular flexibility index (Phi) is 3.89. The molecule has 18 heavy (non-hydrogen) atoms. The number of ether oxygens (including phenoxy) is 2. The Morgan fingerprint density at radius 2 is 2.11 bits per heavy atom. The van der Waals surface area contributed by atoms with E-state index in [0.29, 0.717) is 6.07 Å². The molecule has 0 unspecified atom stereocenters. The van der Waals surface area contributed by atoms with Gasteiger partial charge in [-0.1, -0.05) is 0 Å². The lowest BCUT2D eigenvalue weighted by Crippen LogP contribution is -2.18.